The number of piperazine rings is 1. The zero-order chi connectivity index (χ0) is 21.1. The molecular weight excluding hydrogens is 372 g/mol. The number of hydrogen-bond donors (Lipinski definition) is 0. The van der Waals surface area contributed by atoms with Gasteiger partial charge in [0.15, 0.2) is 5.78 Å². The Labute approximate surface area is 177 Å². The fourth-order valence-electron chi connectivity index (χ4n) is 3.88. The van der Waals surface area contributed by atoms with Gasteiger partial charge < -0.3 is 9.80 Å². The summed E-state index contributed by atoms with van der Waals surface area (Å²) >= 11 is 0. The Hall–Kier alpha value is -3.40. The molecule has 1 fully saturated rings. The number of anilines is 1. The van der Waals surface area contributed by atoms with Gasteiger partial charge in [0.2, 0.25) is 0 Å². The summed E-state index contributed by atoms with van der Waals surface area (Å²) in [6, 6.07) is 23.1. The normalized spacial score (nSPS) is 13.9. The number of hydrogen-bond acceptors (Lipinski definition) is 3. The highest BCUT2D eigenvalue weighted by Crippen LogP contribution is 2.21. The number of ketones is 1. The molecule has 0 N–H and O–H groups in total. The molecule has 3 aromatic rings. The lowest BCUT2D eigenvalue weighted by atomic mass is 9.95. The number of para-hydroxylation sites is 1. The third-order valence-electron chi connectivity index (χ3n) is 5.86. The Bertz CT molecular complexity index is 1070. The van der Waals surface area contributed by atoms with Gasteiger partial charge in [-0.1, -0.05) is 48.5 Å². The molecule has 0 aliphatic carbocycles. The second-order valence-electron chi connectivity index (χ2n) is 7.79. The van der Waals surface area contributed by atoms with E-state index in [9.17, 15) is 9.59 Å². The van der Waals surface area contributed by atoms with Crippen LogP contribution < -0.4 is 4.90 Å². The van der Waals surface area contributed by atoms with E-state index < -0.39 is 0 Å². The minimum absolute atomic E-state index is 0.0736. The average Bonchev–Trinajstić information content (AvgIpc) is 2.80. The lowest BCUT2D eigenvalue weighted by Gasteiger charge is -2.36. The van der Waals surface area contributed by atoms with Crippen molar-refractivity contribution in [2.75, 3.05) is 31.1 Å². The molecule has 0 unspecified atom stereocenters. The van der Waals surface area contributed by atoms with Crippen LogP contribution in [0, 0.1) is 13.8 Å². The summed E-state index contributed by atoms with van der Waals surface area (Å²) in [4.78, 5) is 30.6. The molecule has 1 aliphatic rings. The van der Waals surface area contributed by atoms with Gasteiger partial charge in [0, 0.05) is 43.0 Å². The quantitative estimate of drug-likeness (QED) is 0.608. The molecule has 0 bridgehead atoms. The lowest BCUT2D eigenvalue weighted by molar-refractivity contribution is 0.0742. The fraction of sp³-hybridized carbons (Fsp3) is 0.231. The number of amides is 1. The van der Waals surface area contributed by atoms with E-state index in [1.54, 1.807) is 12.1 Å². The largest absolute Gasteiger partial charge is 0.368 e. The van der Waals surface area contributed by atoms with Gasteiger partial charge >= 0.3 is 0 Å². The summed E-state index contributed by atoms with van der Waals surface area (Å²) in [5.74, 6) is -0.180. The molecule has 4 nitrogen and oxygen atoms in total. The van der Waals surface area contributed by atoms with Crippen molar-refractivity contribution in [3.8, 4) is 0 Å². The molecule has 1 saturated heterocycles. The first-order valence-electron chi connectivity index (χ1n) is 10.3. The average molecular weight is 399 g/mol. The molecule has 0 radical (unpaired) electrons. The molecule has 152 valence electrons. The van der Waals surface area contributed by atoms with Crippen LogP contribution in [0.15, 0.2) is 72.8 Å². The van der Waals surface area contributed by atoms with E-state index in [1.165, 1.54) is 5.69 Å². The van der Waals surface area contributed by atoms with Crippen molar-refractivity contribution in [3.63, 3.8) is 0 Å². The Morgan fingerprint density at radius 3 is 2.00 bits per heavy atom. The van der Waals surface area contributed by atoms with Crippen LogP contribution in [0.3, 0.4) is 0 Å². The first kappa shape index (κ1) is 19.9. The van der Waals surface area contributed by atoms with Crippen LogP contribution in [0.5, 0.6) is 0 Å². The zero-order valence-electron chi connectivity index (χ0n) is 17.5. The van der Waals surface area contributed by atoms with Crippen LogP contribution >= 0.6 is 0 Å². The van der Waals surface area contributed by atoms with Gasteiger partial charge in [0.05, 0.1) is 5.56 Å². The first-order valence-corrected chi connectivity index (χ1v) is 10.3. The molecule has 1 amide bonds. The maximum absolute atomic E-state index is 13.3. The van der Waals surface area contributed by atoms with Crippen molar-refractivity contribution in [1.29, 1.82) is 0 Å². The monoisotopic (exact) mass is 398 g/mol. The summed E-state index contributed by atoms with van der Waals surface area (Å²) in [7, 11) is 0. The van der Waals surface area contributed by atoms with Gasteiger partial charge in [-0.25, -0.2) is 0 Å². The van der Waals surface area contributed by atoms with Crippen molar-refractivity contribution >= 4 is 17.4 Å². The lowest BCUT2D eigenvalue weighted by Crippen LogP contribution is -2.49. The maximum Gasteiger partial charge on any atom is 0.254 e. The molecule has 4 rings (SSSR count). The SMILES string of the molecule is Cc1ccc(C(=O)c2ccccc2C(=O)N2CCN(c3ccccc3)CC2)cc1C. The predicted molar refractivity (Wildman–Crippen MR) is 120 cm³/mol. The molecule has 4 heteroatoms. The zero-order valence-corrected chi connectivity index (χ0v) is 17.5. The number of nitrogens with zero attached hydrogens (tertiary/aromatic N) is 2. The van der Waals surface area contributed by atoms with E-state index in [1.807, 2.05) is 67.3 Å². The predicted octanol–water partition coefficient (Wildman–Crippen LogP) is 4.50. The molecule has 0 saturated carbocycles. The van der Waals surface area contributed by atoms with Crippen molar-refractivity contribution in [2.45, 2.75) is 13.8 Å². The number of carbonyl (C=O) groups excluding carboxylic acids is 2. The van der Waals surface area contributed by atoms with Crippen LogP contribution in [0.4, 0.5) is 5.69 Å². The Balaban J connectivity index is 1.53. The van der Waals surface area contributed by atoms with Crippen LogP contribution in [-0.2, 0) is 0 Å². The molecular formula is C26H26N2O2. The number of carbonyl (C=O) groups is 2. The number of rotatable bonds is 4. The van der Waals surface area contributed by atoms with Crippen molar-refractivity contribution in [2.24, 2.45) is 0 Å². The summed E-state index contributed by atoms with van der Waals surface area (Å²) in [5.41, 5.74) is 4.96. The molecule has 0 aromatic heterocycles. The van der Waals surface area contributed by atoms with Crippen LogP contribution in [-0.4, -0.2) is 42.8 Å². The molecule has 0 spiro atoms. The van der Waals surface area contributed by atoms with E-state index >= 15 is 0 Å². The van der Waals surface area contributed by atoms with E-state index in [0.29, 0.717) is 29.8 Å². The van der Waals surface area contributed by atoms with Gasteiger partial charge in [-0.05, 0) is 49.2 Å². The van der Waals surface area contributed by atoms with Crippen molar-refractivity contribution < 1.29 is 9.59 Å². The highest BCUT2D eigenvalue weighted by Gasteiger charge is 2.26. The Kier molecular flexibility index (Phi) is 5.66. The summed E-state index contributed by atoms with van der Waals surface area (Å²) in [5, 5.41) is 0. The Morgan fingerprint density at radius 1 is 0.700 bits per heavy atom. The standard InChI is InChI=1S/C26H26N2O2/c1-19-12-13-21(18-20(19)2)25(29)23-10-6-7-11-24(23)26(30)28-16-14-27(15-17-28)22-8-4-3-5-9-22/h3-13,18H,14-17H2,1-2H3. The summed E-state index contributed by atoms with van der Waals surface area (Å²) in [6.45, 7) is 6.86. The summed E-state index contributed by atoms with van der Waals surface area (Å²) < 4.78 is 0. The van der Waals surface area contributed by atoms with Gasteiger partial charge in [-0.3, -0.25) is 9.59 Å². The van der Waals surface area contributed by atoms with E-state index in [2.05, 4.69) is 17.0 Å². The highest BCUT2D eigenvalue weighted by atomic mass is 16.2. The van der Waals surface area contributed by atoms with Gasteiger partial charge in [0.1, 0.15) is 0 Å². The third-order valence-corrected chi connectivity index (χ3v) is 5.86. The second kappa shape index (κ2) is 8.54. The van der Waals surface area contributed by atoms with Gasteiger partial charge in [-0.15, -0.1) is 0 Å². The topological polar surface area (TPSA) is 40.6 Å². The van der Waals surface area contributed by atoms with E-state index in [4.69, 9.17) is 0 Å². The third kappa shape index (κ3) is 3.99. The minimum atomic E-state index is -0.107. The molecule has 1 aliphatic heterocycles. The van der Waals surface area contributed by atoms with Crippen LogP contribution in [0.1, 0.15) is 37.4 Å². The van der Waals surface area contributed by atoms with E-state index in [0.717, 1.165) is 24.2 Å². The molecule has 30 heavy (non-hydrogen) atoms. The van der Waals surface area contributed by atoms with Gasteiger partial charge in [-0.2, -0.15) is 0 Å². The smallest absolute Gasteiger partial charge is 0.254 e. The second-order valence-corrected chi connectivity index (χ2v) is 7.79. The molecule has 1 heterocycles. The molecule has 0 atom stereocenters. The summed E-state index contributed by atoms with van der Waals surface area (Å²) in [6.07, 6.45) is 0. The first-order chi connectivity index (χ1) is 14.5. The fourth-order valence-corrected chi connectivity index (χ4v) is 3.88. The van der Waals surface area contributed by atoms with Crippen LogP contribution in [0.2, 0.25) is 0 Å². The van der Waals surface area contributed by atoms with Crippen molar-refractivity contribution in [3.05, 3.63) is 101 Å². The van der Waals surface area contributed by atoms with Gasteiger partial charge in [0.25, 0.3) is 5.91 Å². The minimum Gasteiger partial charge on any atom is -0.368 e. The highest BCUT2D eigenvalue weighted by molar-refractivity contribution is 6.15. The maximum atomic E-state index is 13.3. The number of benzene rings is 3. The number of aryl methyl sites for hydroxylation is 2. The van der Waals surface area contributed by atoms with Crippen LogP contribution in [0.25, 0.3) is 0 Å². The van der Waals surface area contributed by atoms with Crippen molar-refractivity contribution in [1.82, 2.24) is 4.90 Å². The Morgan fingerprint density at radius 2 is 1.33 bits per heavy atom. The van der Waals surface area contributed by atoms with E-state index in [-0.39, 0.29) is 11.7 Å². The molecule has 3 aromatic carbocycles.